The van der Waals surface area contributed by atoms with Gasteiger partial charge >= 0.3 is 5.97 Å². The number of nitro groups is 1. The number of aromatic carboxylic acids is 1. The number of carbonyl (C=O) groups is 1. The largest absolute Gasteiger partial charge is 0.493 e. The van der Waals surface area contributed by atoms with Gasteiger partial charge in [-0.1, -0.05) is 35.9 Å². The topological polar surface area (TPSA) is 123 Å². The second kappa shape index (κ2) is 10.3. The fraction of sp³-hybridized carbons (Fsp3) is 0.0833. The number of allylic oxidation sites excluding steroid dienone is 1. The van der Waals surface area contributed by atoms with E-state index in [2.05, 4.69) is 6.07 Å². The van der Waals surface area contributed by atoms with E-state index >= 15 is 0 Å². The molecule has 0 atom stereocenters. The number of benzene rings is 3. The number of halogens is 1. The Kier molecular flexibility index (Phi) is 7.28. The van der Waals surface area contributed by atoms with Gasteiger partial charge in [-0.15, -0.1) is 0 Å². The van der Waals surface area contributed by atoms with Gasteiger partial charge in [0.2, 0.25) is 0 Å². The molecule has 0 aliphatic heterocycles. The summed E-state index contributed by atoms with van der Waals surface area (Å²) >= 11 is 6.40. The highest BCUT2D eigenvalue weighted by Crippen LogP contribution is 2.38. The van der Waals surface area contributed by atoms with Crippen molar-refractivity contribution in [1.82, 2.24) is 0 Å². The third kappa shape index (κ3) is 5.67. The first-order chi connectivity index (χ1) is 15.8. The molecule has 0 fully saturated rings. The molecule has 0 spiro atoms. The van der Waals surface area contributed by atoms with Crippen LogP contribution in [0.15, 0.2) is 60.7 Å². The van der Waals surface area contributed by atoms with E-state index in [1.54, 1.807) is 42.5 Å². The molecule has 166 valence electrons. The molecule has 0 amide bonds. The van der Waals surface area contributed by atoms with E-state index < -0.39 is 10.9 Å². The zero-order valence-electron chi connectivity index (χ0n) is 17.3. The molecular weight excluding hydrogens is 448 g/mol. The zero-order valence-corrected chi connectivity index (χ0v) is 18.1. The molecule has 0 aliphatic carbocycles. The van der Waals surface area contributed by atoms with Gasteiger partial charge in [0.1, 0.15) is 6.61 Å². The third-order valence-electron chi connectivity index (χ3n) is 4.63. The van der Waals surface area contributed by atoms with E-state index in [0.29, 0.717) is 28.0 Å². The molecule has 0 aromatic heterocycles. The fourth-order valence-corrected chi connectivity index (χ4v) is 3.29. The maximum absolute atomic E-state index is 11.0. The van der Waals surface area contributed by atoms with Gasteiger partial charge in [0.15, 0.2) is 11.5 Å². The summed E-state index contributed by atoms with van der Waals surface area (Å²) in [7, 11) is 1.44. The van der Waals surface area contributed by atoms with Crippen LogP contribution < -0.4 is 9.47 Å². The summed E-state index contributed by atoms with van der Waals surface area (Å²) in [6.07, 6.45) is 1.59. The Hall–Kier alpha value is -4.35. The van der Waals surface area contributed by atoms with Crippen LogP contribution in [0.2, 0.25) is 5.02 Å². The molecule has 0 heterocycles. The number of ether oxygens (including phenoxy) is 2. The van der Waals surface area contributed by atoms with Crippen molar-refractivity contribution in [2.45, 2.75) is 6.61 Å². The van der Waals surface area contributed by atoms with Gasteiger partial charge in [0.05, 0.1) is 34.3 Å². The number of nitro benzene ring substituents is 1. The molecule has 0 aliphatic rings. The van der Waals surface area contributed by atoms with Crippen molar-refractivity contribution in [3.63, 3.8) is 0 Å². The van der Waals surface area contributed by atoms with Crippen molar-refractivity contribution < 1.29 is 24.3 Å². The molecule has 3 aromatic rings. The Balaban J connectivity index is 1.87. The highest BCUT2D eigenvalue weighted by molar-refractivity contribution is 6.32. The molecule has 1 N–H and O–H groups in total. The summed E-state index contributed by atoms with van der Waals surface area (Å²) in [4.78, 5) is 21.5. The van der Waals surface area contributed by atoms with Crippen LogP contribution in [0.1, 0.15) is 27.0 Å². The first-order valence-electron chi connectivity index (χ1n) is 9.51. The van der Waals surface area contributed by atoms with Gasteiger partial charge in [-0.05, 0) is 47.0 Å². The molecule has 3 rings (SSSR count). The van der Waals surface area contributed by atoms with Crippen molar-refractivity contribution in [1.29, 1.82) is 5.26 Å². The molecule has 9 heteroatoms. The smallest absolute Gasteiger partial charge is 0.335 e. The second-order valence-electron chi connectivity index (χ2n) is 6.80. The molecular formula is C24H17ClN2O6. The summed E-state index contributed by atoms with van der Waals surface area (Å²) in [5, 5.41) is 29.8. The molecule has 0 radical (unpaired) electrons. The average Bonchev–Trinajstić information content (AvgIpc) is 2.81. The molecule has 0 bridgehead atoms. The van der Waals surface area contributed by atoms with Crippen molar-refractivity contribution in [3.05, 3.63) is 98.1 Å². The number of hydrogen-bond acceptors (Lipinski definition) is 6. The van der Waals surface area contributed by atoms with E-state index in [-0.39, 0.29) is 28.6 Å². The van der Waals surface area contributed by atoms with Gasteiger partial charge in [0.25, 0.3) is 5.69 Å². The number of methoxy groups -OCH3 is 1. The van der Waals surface area contributed by atoms with Crippen molar-refractivity contribution in [2.24, 2.45) is 0 Å². The molecule has 0 saturated carbocycles. The Labute approximate surface area is 194 Å². The summed E-state index contributed by atoms with van der Waals surface area (Å²) in [6, 6.07) is 17.3. The van der Waals surface area contributed by atoms with E-state index in [9.17, 15) is 20.2 Å². The van der Waals surface area contributed by atoms with E-state index in [1.807, 2.05) is 0 Å². The number of non-ortho nitro benzene ring substituents is 1. The van der Waals surface area contributed by atoms with Gasteiger partial charge in [0, 0.05) is 12.1 Å². The minimum atomic E-state index is -1.05. The predicted octanol–water partition coefficient (Wildman–Crippen LogP) is 5.60. The van der Waals surface area contributed by atoms with Crippen LogP contribution in [0.25, 0.3) is 11.6 Å². The molecule has 3 aromatic carbocycles. The van der Waals surface area contributed by atoms with Crippen LogP contribution in [-0.4, -0.2) is 23.1 Å². The van der Waals surface area contributed by atoms with E-state index in [1.165, 1.54) is 31.4 Å². The minimum absolute atomic E-state index is 0.0340. The Bertz CT molecular complexity index is 1280. The maximum Gasteiger partial charge on any atom is 0.335 e. The summed E-state index contributed by atoms with van der Waals surface area (Å²) in [6.45, 7) is 0.0340. The van der Waals surface area contributed by atoms with Crippen LogP contribution in [0.4, 0.5) is 5.69 Å². The molecule has 0 unspecified atom stereocenters. The van der Waals surface area contributed by atoms with Gasteiger partial charge in [-0.25, -0.2) is 4.79 Å². The standard InChI is InChI=1S/C24H17ClN2O6/c1-32-22-12-16(9-19(13-26)17-5-7-18(8-6-17)24(28)29)11-21(25)23(22)33-14-15-3-2-4-20(10-15)27(30)31/h2-12H,14H2,1H3,(H,28,29). The second-order valence-corrected chi connectivity index (χ2v) is 7.21. The van der Waals surface area contributed by atoms with E-state index in [4.69, 9.17) is 26.2 Å². The maximum atomic E-state index is 11.0. The fourth-order valence-electron chi connectivity index (χ4n) is 3.02. The van der Waals surface area contributed by atoms with Gasteiger partial charge in [-0.3, -0.25) is 10.1 Å². The van der Waals surface area contributed by atoms with Crippen LogP contribution in [0.5, 0.6) is 11.5 Å². The SMILES string of the molecule is COc1cc(C=C(C#N)c2ccc(C(=O)O)cc2)cc(Cl)c1OCc1cccc([N+](=O)[O-])c1. The van der Waals surface area contributed by atoms with Crippen LogP contribution in [0.3, 0.4) is 0 Å². The first kappa shape index (κ1) is 23.3. The first-order valence-corrected chi connectivity index (χ1v) is 9.89. The molecule has 8 nitrogen and oxygen atoms in total. The highest BCUT2D eigenvalue weighted by atomic mass is 35.5. The lowest BCUT2D eigenvalue weighted by Gasteiger charge is -2.13. The Morgan fingerprint density at radius 2 is 1.88 bits per heavy atom. The summed E-state index contributed by atoms with van der Waals surface area (Å²) in [5.41, 5.74) is 2.07. The number of hydrogen-bond donors (Lipinski definition) is 1. The molecule has 33 heavy (non-hydrogen) atoms. The minimum Gasteiger partial charge on any atom is -0.493 e. The third-order valence-corrected chi connectivity index (χ3v) is 4.91. The lowest BCUT2D eigenvalue weighted by molar-refractivity contribution is -0.384. The number of carboxylic acid groups (broad SMARTS) is 1. The predicted molar refractivity (Wildman–Crippen MR) is 122 cm³/mol. The Morgan fingerprint density at radius 3 is 2.48 bits per heavy atom. The number of carboxylic acids is 1. The Morgan fingerprint density at radius 1 is 1.18 bits per heavy atom. The van der Waals surface area contributed by atoms with Crippen LogP contribution in [0, 0.1) is 21.4 Å². The van der Waals surface area contributed by atoms with Crippen molar-refractivity contribution >= 4 is 34.9 Å². The molecule has 0 saturated heterocycles. The lowest BCUT2D eigenvalue weighted by Crippen LogP contribution is -2.00. The summed E-state index contributed by atoms with van der Waals surface area (Å²) in [5.74, 6) is -0.480. The van der Waals surface area contributed by atoms with Crippen LogP contribution in [-0.2, 0) is 6.61 Å². The van der Waals surface area contributed by atoms with Gasteiger partial charge < -0.3 is 14.6 Å². The zero-order chi connectivity index (χ0) is 24.0. The number of nitrogens with zero attached hydrogens (tertiary/aromatic N) is 2. The van der Waals surface area contributed by atoms with E-state index in [0.717, 1.165) is 0 Å². The number of rotatable bonds is 8. The highest BCUT2D eigenvalue weighted by Gasteiger charge is 2.14. The number of nitriles is 1. The monoisotopic (exact) mass is 464 g/mol. The average molecular weight is 465 g/mol. The van der Waals surface area contributed by atoms with Crippen molar-refractivity contribution in [2.75, 3.05) is 7.11 Å². The van der Waals surface area contributed by atoms with Crippen molar-refractivity contribution in [3.8, 4) is 17.6 Å². The van der Waals surface area contributed by atoms with Crippen LogP contribution >= 0.6 is 11.6 Å². The normalized spacial score (nSPS) is 10.9. The van der Waals surface area contributed by atoms with Gasteiger partial charge in [-0.2, -0.15) is 5.26 Å². The quantitative estimate of drug-likeness (QED) is 0.199. The summed E-state index contributed by atoms with van der Waals surface area (Å²) < 4.78 is 11.2. The lowest BCUT2D eigenvalue weighted by atomic mass is 10.0.